The molecule has 108 heavy (non-hydrogen) atoms. The van der Waals surface area contributed by atoms with E-state index in [2.05, 4.69) is 64.6 Å². The maximum absolute atomic E-state index is 14.5. The van der Waals surface area contributed by atoms with Gasteiger partial charge in [0.05, 0.1) is 98.6 Å². The Bertz CT molecular complexity index is 4520. The van der Waals surface area contributed by atoms with Gasteiger partial charge in [0.25, 0.3) is 11.8 Å². The van der Waals surface area contributed by atoms with E-state index in [4.69, 9.17) is 28.7 Å². The minimum absolute atomic E-state index is 0.0176. The molecule has 6 N–H and O–H groups in total. The molecule has 0 unspecified atom stereocenters. The number of aliphatic imine (C=N–C) groups is 1. The van der Waals surface area contributed by atoms with Gasteiger partial charge in [0.15, 0.2) is 29.2 Å². The number of nitrogens with zero attached hydrogens (tertiary/aromatic N) is 8. The third-order valence-corrected chi connectivity index (χ3v) is 22.4. The SMILES string of the molecule is COc1cc2c(cc1OCCCCCOc1cc3c(cc1OC)C(=O)N1CC4(CC4)C[C@H]1[C@H](O)N3C(=O)OCc1ccc(NC(=O)[C@H](C)NC(=O)[C@@H](NC(=O)CNC(=O)CNC(=O)CCC(=O)N3Cc4ccccc4-c4c(nnn4C(C)(C)C(C)C)-c4ccccc43)C(C)C)cc1)N=C[C@@H]1CC3(CC3)CN1C2=O. The molecule has 6 heterocycles. The molecule has 28 nitrogen and oxygen atoms in total. The summed E-state index contributed by atoms with van der Waals surface area (Å²) in [6, 6.07) is 25.3. The van der Waals surface area contributed by atoms with E-state index in [1.54, 1.807) is 67.2 Å². The molecule has 2 saturated carbocycles. The number of hydrogen-bond donors (Lipinski definition) is 6. The first-order valence-corrected chi connectivity index (χ1v) is 37.3. The third-order valence-electron chi connectivity index (χ3n) is 22.4. The molecule has 1 aromatic heterocycles. The number of nitrogens with one attached hydrogen (secondary N) is 5. The van der Waals surface area contributed by atoms with Crippen LogP contribution in [0.25, 0.3) is 22.5 Å². The molecule has 13 rings (SSSR count). The summed E-state index contributed by atoms with van der Waals surface area (Å²) in [5.74, 6) is -2.69. The van der Waals surface area contributed by atoms with E-state index >= 15 is 0 Å². The Kier molecular flexibility index (Phi) is 21.7. The lowest BCUT2D eigenvalue weighted by molar-refractivity contribution is -0.132. The van der Waals surface area contributed by atoms with Crippen LogP contribution >= 0.6 is 0 Å². The van der Waals surface area contributed by atoms with Crippen molar-refractivity contribution in [3.8, 4) is 45.5 Å². The molecule has 28 heteroatoms. The van der Waals surface area contributed by atoms with Crippen molar-refractivity contribution >= 4 is 82.3 Å². The van der Waals surface area contributed by atoms with Crippen molar-refractivity contribution in [1.82, 2.24) is 46.1 Å². The first-order chi connectivity index (χ1) is 51.8. The average Bonchev–Trinajstić information content (AvgIpc) is 1.56. The summed E-state index contributed by atoms with van der Waals surface area (Å²) < 4.78 is 31.8. The van der Waals surface area contributed by atoms with Crippen LogP contribution in [0.4, 0.5) is 27.5 Å². The minimum atomic E-state index is -1.47. The summed E-state index contributed by atoms with van der Waals surface area (Å²) in [6.45, 7) is 14.1. The van der Waals surface area contributed by atoms with E-state index in [-0.39, 0.29) is 95.9 Å². The minimum Gasteiger partial charge on any atom is -0.493 e. The monoisotopic (exact) mass is 1480 g/mol. The zero-order valence-corrected chi connectivity index (χ0v) is 62.5. The van der Waals surface area contributed by atoms with Crippen molar-refractivity contribution in [2.75, 3.05) is 68.7 Å². The lowest BCUT2D eigenvalue weighted by Crippen LogP contribution is -2.55. The Morgan fingerprint density at radius 2 is 1.29 bits per heavy atom. The number of aliphatic hydroxyl groups excluding tert-OH is 1. The van der Waals surface area contributed by atoms with Crippen LogP contribution in [0.1, 0.15) is 151 Å². The number of benzene rings is 5. The predicted octanol–water partition coefficient (Wildman–Crippen LogP) is 8.97. The molecule has 0 radical (unpaired) electrons. The van der Waals surface area contributed by atoms with Gasteiger partial charge in [-0.05, 0) is 143 Å². The Hall–Kier alpha value is -10.9. The quantitative estimate of drug-likeness (QED) is 0.0262. The second-order valence-corrected chi connectivity index (χ2v) is 30.7. The standard InChI is InChI=1S/C80H95N13O15/c1-46(2)69(86-67(96)41-83-66(95)40-82-65(94)25-26-68(97)89-42-50-17-11-12-18-53(50)71-70(54-19-13-14-20-58(54)89)87-88-93(71)78(6,7)47(3)4)73(99)84-48(5)72(98)85-51-23-21-49(22-24-51)43-108-77(103)92-59-36-64(62(105-9)34-56(59)75(101)91-45-80(29-30-80)38-60(91)76(92)102)107-32-16-10-15-31-106-63-35-57-55(33-61(63)104-8)74(100)90-44-79(27-28-79)37-52(90)39-81-57/h11-14,17-24,33-36,39,46-48,52,60,69,76,102H,10,15-16,25-32,37-38,40-45H2,1-9H3,(H,82,94)(H,83,95)(H,84,99)(H,85,98)(H,86,96)/t48-,52-,60-,69-,76-/m0/s1. The number of rotatable bonds is 27. The number of aromatic nitrogens is 3. The summed E-state index contributed by atoms with van der Waals surface area (Å²) in [5.41, 5.74) is 6.46. The molecule has 5 atom stereocenters. The van der Waals surface area contributed by atoms with Crippen molar-refractivity contribution in [3.63, 3.8) is 0 Å². The fraction of sp³-hybridized carbons (Fsp3) is 0.475. The molecule has 570 valence electrons. The molecular weight excluding hydrogens is 1380 g/mol. The van der Waals surface area contributed by atoms with Gasteiger partial charge in [-0.2, -0.15) is 0 Å². The number of amides is 9. The van der Waals surface area contributed by atoms with Crippen molar-refractivity contribution in [2.24, 2.45) is 27.7 Å². The molecule has 2 spiro atoms. The van der Waals surface area contributed by atoms with Crippen molar-refractivity contribution in [3.05, 3.63) is 119 Å². The van der Waals surface area contributed by atoms with E-state index in [1.807, 2.05) is 64.3 Å². The van der Waals surface area contributed by atoms with Crippen molar-refractivity contribution < 1.29 is 71.9 Å². The number of anilines is 3. The van der Waals surface area contributed by atoms with Crippen LogP contribution in [-0.4, -0.2) is 173 Å². The van der Waals surface area contributed by atoms with E-state index in [0.717, 1.165) is 65.9 Å². The fourth-order valence-corrected chi connectivity index (χ4v) is 14.9. The van der Waals surface area contributed by atoms with Crippen LogP contribution < -0.4 is 55.3 Å². The van der Waals surface area contributed by atoms with Crippen LogP contribution in [-0.2, 0) is 52.2 Å². The van der Waals surface area contributed by atoms with Gasteiger partial charge < -0.3 is 70.1 Å². The number of aliphatic hydroxyl groups is 1. The highest BCUT2D eigenvalue weighted by atomic mass is 16.6. The first kappa shape index (κ1) is 75.3. The Morgan fingerprint density at radius 3 is 1.97 bits per heavy atom. The number of methoxy groups -OCH3 is 2. The number of hydrogen-bond acceptors (Lipinski definition) is 18. The summed E-state index contributed by atoms with van der Waals surface area (Å²) in [7, 11) is 3.01. The summed E-state index contributed by atoms with van der Waals surface area (Å²) >= 11 is 0. The molecule has 5 aromatic carbocycles. The normalized spacial score (nSPS) is 18.6. The molecule has 0 bridgehead atoms. The maximum Gasteiger partial charge on any atom is 0.416 e. The number of fused-ring (bicyclic) bond motifs is 9. The summed E-state index contributed by atoms with van der Waals surface area (Å²) in [4.78, 5) is 134. The number of carbonyl (C=O) groups is 9. The zero-order valence-electron chi connectivity index (χ0n) is 62.5. The van der Waals surface area contributed by atoms with Gasteiger partial charge in [0.1, 0.15) is 24.4 Å². The van der Waals surface area contributed by atoms with Crippen LogP contribution in [0.15, 0.2) is 102 Å². The number of para-hydroxylation sites is 1. The Labute approximate surface area is 626 Å². The van der Waals surface area contributed by atoms with Crippen LogP contribution in [0.3, 0.4) is 0 Å². The van der Waals surface area contributed by atoms with Gasteiger partial charge in [-0.15, -0.1) is 5.10 Å². The molecular formula is C80H95N13O15. The zero-order chi connectivity index (χ0) is 76.5. The second kappa shape index (κ2) is 31.1. The van der Waals surface area contributed by atoms with Crippen LogP contribution in [0, 0.1) is 22.7 Å². The highest BCUT2D eigenvalue weighted by Crippen LogP contribution is 2.58. The van der Waals surface area contributed by atoms with Crippen molar-refractivity contribution in [1.29, 1.82) is 0 Å². The molecule has 4 fully saturated rings. The topological polar surface area (TPSA) is 336 Å². The van der Waals surface area contributed by atoms with Gasteiger partial charge in [-0.3, -0.25) is 43.3 Å². The van der Waals surface area contributed by atoms with E-state index in [9.17, 15) is 48.3 Å². The average molecular weight is 1480 g/mol. The number of carbonyl (C=O) groups excluding carboxylic acids is 9. The molecule has 7 aliphatic rings. The van der Waals surface area contributed by atoms with E-state index in [0.29, 0.717) is 84.2 Å². The van der Waals surface area contributed by atoms with Gasteiger partial charge in [0.2, 0.25) is 35.4 Å². The lowest BCUT2D eigenvalue weighted by Gasteiger charge is -2.33. The molecule has 2 saturated heterocycles. The fourth-order valence-electron chi connectivity index (χ4n) is 14.9. The largest absolute Gasteiger partial charge is 0.493 e. The highest BCUT2D eigenvalue weighted by Gasteiger charge is 2.58. The second-order valence-electron chi connectivity index (χ2n) is 30.7. The van der Waals surface area contributed by atoms with E-state index in [1.165, 1.54) is 26.2 Å². The highest BCUT2D eigenvalue weighted by molar-refractivity contribution is 6.07. The van der Waals surface area contributed by atoms with Gasteiger partial charge in [-0.25, -0.2) is 14.4 Å². The third kappa shape index (κ3) is 15.8. The summed E-state index contributed by atoms with van der Waals surface area (Å²) in [6.07, 6.45) is 6.57. The summed E-state index contributed by atoms with van der Waals surface area (Å²) in [5, 5.41) is 34.5. The van der Waals surface area contributed by atoms with Crippen LogP contribution in [0.5, 0.6) is 23.0 Å². The maximum atomic E-state index is 14.5. The first-order valence-electron chi connectivity index (χ1n) is 37.3. The lowest BCUT2D eigenvalue weighted by atomic mass is 9.88. The van der Waals surface area contributed by atoms with Crippen LogP contribution in [0.2, 0.25) is 0 Å². The molecule has 2 aliphatic carbocycles. The van der Waals surface area contributed by atoms with Gasteiger partial charge in [-0.1, -0.05) is 87.5 Å². The van der Waals surface area contributed by atoms with Gasteiger partial charge in [0, 0.05) is 61.1 Å². The molecule has 5 aliphatic heterocycles. The number of unbranched alkanes of at least 4 members (excludes halogenated alkanes) is 2. The van der Waals surface area contributed by atoms with Crippen molar-refractivity contribution in [2.45, 2.75) is 168 Å². The Morgan fingerprint density at radius 1 is 0.657 bits per heavy atom. The smallest absolute Gasteiger partial charge is 0.416 e. The van der Waals surface area contributed by atoms with Gasteiger partial charge >= 0.3 is 6.09 Å². The molecule has 6 aromatic rings. The molecule has 9 amide bonds. The number of ether oxygens (including phenoxy) is 5. The van der Waals surface area contributed by atoms with E-state index < -0.39 is 84.5 Å². The predicted molar refractivity (Wildman–Crippen MR) is 401 cm³/mol. The Balaban J connectivity index is 0.556.